The van der Waals surface area contributed by atoms with E-state index in [4.69, 9.17) is 9.47 Å². The number of anilines is 1. The van der Waals surface area contributed by atoms with Gasteiger partial charge in [-0.3, -0.25) is 9.79 Å². The van der Waals surface area contributed by atoms with Gasteiger partial charge in [0.15, 0.2) is 5.96 Å². The molecule has 0 bridgehead atoms. The number of nitrogens with zero attached hydrogens (tertiary/aromatic N) is 1. The molecule has 7 nitrogen and oxygen atoms in total. The maximum absolute atomic E-state index is 12.3. The second-order valence-corrected chi connectivity index (χ2v) is 7.60. The van der Waals surface area contributed by atoms with Crippen molar-refractivity contribution in [3.8, 4) is 0 Å². The Hall–Kier alpha value is -1.39. The molecule has 0 unspecified atom stereocenters. The minimum absolute atomic E-state index is 0. The first kappa shape index (κ1) is 27.6. The zero-order valence-electron chi connectivity index (χ0n) is 19.0. The zero-order chi connectivity index (χ0) is 21.4. The molecule has 0 atom stereocenters. The van der Waals surface area contributed by atoms with Gasteiger partial charge < -0.3 is 25.4 Å². The summed E-state index contributed by atoms with van der Waals surface area (Å²) >= 11 is 0. The summed E-state index contributed by atoms with van der Waals surface area (Å²) in [5.74, 6) is 1.03. The third kappa shape index (κ3) is 11.7. The van der Waals surface area contributed by atoms with Crippen molar-refractivity contribution in [2.45, 2.75) is 52.0 Å². The highest BCUT2D eigenvalue weighted by Crippen LogP contribution is 2.26. The third-order valence-electron chi connectivity index (χ3n) is 5.16. The number of ether oxygens (including phenoxy) is 2. The number of amides is 1. The van der Waals surface area contributed by atoms with Crippen LogP contribution in [-0.2, 0) is 20.8 Å². The van der Waals surface area contributed by atoms with Crippen LogP contribution in [0, 0.1) is 5.92 Å². The van der Waals surface area contributed by atoms with Crippen LogP contribution in [0.5, 0.6) is 0 Å². The summed E-state index contributed by atoms with van der Waals surface area (Å²) in [6.45, 7) is 6.10. The first-order valence-corrected chi connectivity index (χ1v) is 11.2. The average molecular weight is 546 g/mol. The molecular weight excluding hydrogens is 507 g/mol. The van der Waals surface area contributed by atoms with Gasteiger partial charge in [0, 0.05) is 38.3 Å². The Balaban J connectivity index is 0.00000480. The second-order valence-electron chi connectivity index (χ2n) is 7.60. The van der Waals surface area contributed by atoms with E-state index in [9.17, 15) is 4.79 Å². The van der Waals surface area contributed by atoms with Gasteiger partial charge in [-0.2, -0.15) is 0 Å². The van der Waals surface area contributed by atoms with E-state index in [1.807, 2.05) is 24.3 Å². The Morgan fingerprint density at radius 3 is 2.55 bits per heavy atom. The summed E-state index contributed by atoms with van der Waals surface area (Å²) in [4.78, 5) is 16.6. The van der Waals surface area contributed by atoms with Crippen molar-refractivity contribution in [3.63, 3.8) is 0 Å². The molecule has 0 aromatic heterocycles. The monoisotopic (exact) mass is 546 g/mol. The Bertz CT molecular complexity index is 651. The maximum Gasteiger partial charge on any atom is 0.227 e. The molecule has 1 aromatic carbocycles. The predicted molar refractivity (Wildman–Crippen MR) is 137 cm³/mol. The summed E-state index contributed by atoms with van der Waals surface area (Å²) in [6, 6.07) is 7.95. The molecule has 0 saturated heterocycles. The molecule has 1 fully saturated rings. The lowest BCUT2D eigenvalue weighted by Gasteiger charge is -2.14. The van der Waals surface area contributed by atoms with Gasteiger partial charge in [-0.05, 0) is 37.0 Å². The van der Waals surface area contributed by atoms with E-state index in [1.54, 1.807) is 7.05 Å². The highest BCUT2D eigenvalue weighted by Gasteiger charge is 2.22. The van der Waals surface area contributed by atoms with Crippen LogP contribution < -0.4 is 16.0 Å². The van der Waals surface area contributed by atoms with Crippen molar-refractivity contribution in [3.05, 3.63) is 29.8 Å². The van der Waals surface area contributed by atoms with E-state index >= 15 is 0 Å². The quantitative estimate of drug-likeness (QED) is 0.151. The van der Waals surface area contributed by atoms with E-state index in [2.05, 4.69) is 27.9 Å². The van der Waals surface area contributed by atoms with Gasteiger partial charge in [0.05, 0.1) is 19.8 Å². The first-order valence-electron chi connectivity index (χ1n) is 11.2. The number of halogens is 1. The number of carbonyl (C=O) groups excluding carboxylic acids is 1. The zero-order valence-corrected chi connectivity index (χ0v) is 21.3. The largest absolute Gasteiger partial charge is 0.379 e. The highest BCUT2D eigenvalue weighted by molar-refractivity contribution is 14.0. The molecule has 3 N–H and O–H groups in total. The third-order valence-corrected chi connectivity index (χ3v) is 5.16. The Labute approximate surface area is 204 Å². The summed E-state index contributed by atoms with van der Waals surface area (Å²) in [5, 5.41) is 9.59. The smallest absolute Gasteiger partial charge is 0.227 e. The molecule has 31 heavy (non-hydrogen) atoms. The van der Waals surface area contributed by atoms with Gasteiger partial charge in [0.25, 0.3) is 0 Å². The van der Waals surface area contributed by atoms with Gasteiger partial charge in [-0.15, -0.1) is 24.0 Å². The molecule has 1 amide bonds. The molecule has 1 aliphatic carbocycles. The summed E-state index contributed by atoms with van der Waals surface area (Å²) in [7, 11) is 1.75. The standard InChI is InChI=1S/C23H38N4O3.HI/c1-3-4-13-29-15-16-30-14-12-25-23(24-2)26-18-19-8-7-11-21(17-19)27-22(28)20-9-5-6-10-20;/h7-8,11,17,20H,3-6,9-10,12-16,18H2,1-2H3,(H,27,28)(H2,24,25,26);1H. The molecule has 0 radical (unpaired) electrons. The van der Waals surface area contributed by atoms with Crippen LogP contribution in [0.25, 0.3) is 0 Å². The van der Waals surface area contributed by atoms with E-state index in [0.29, 0.717) is 32.9 Å². The van der Waals surface area contributed by atoms with Crippen LogP contribution in [0.1, 0.15) is 51.0 Å². The number of hydrogen-bond acceptors (Lipinski definition) is 4. The van der Waals surface area contributed by atoms with E-state index in [-0.39, 0.29) is 35.8 Å². The molecular formula is C23H39IN4O3. The predicted octanol–water partition coefficient (Wildman–Crippen LogP) is 3.93. The van der Waals surface area contributed by atoms with Crippen molar-refractivity contribution in [2.24, 2.45) is 10.9 Å². The molecule has 0 spiro atoms. The summed E-state index contributed by atoms with van der Waals surface area (Å²) in [6.07, 6.45) is 6.57. The van der Waals surface area contributed by atoms with Crippen LogP contribution in [0.2, 0.25) is 0 Å². The van der Waals surface area contributed by atoms with E-state index < -0.39 is 0 Å². The second kappa shape index (κ2) is 17.2. The summed E-state index contributed by atoms with van der Waals surface area (Å²) < 4.78 is 11.0. The van der Waals surface area contributed by atoms with Crippen molar-refractivity contribution in [2.75, 3.05) is 45.3 Å². The lowest BCUT2D eigenvalue weighted by molar-refractivity contribution is -0.119. The molecule has 176 valence electrons. The van der Waals surface area contributed by atoms with Gasteiger partial charge in [0.2, 0.25) is 5.91 Å². The first-order chi connectivity index (χ1) is 14.7. The topological polar surface area (TPSA) is 84.0 Å². The number of benzene rings is 1. The fraction of sp³-hybridized carbons (Fsp3) is 0.652. The Morgan fingerprint density at radius 1 is 1.10 bits per heavy atom. The lowest BCUT2D eigenvalue weighted by Crippen LogP contribution is -2.38. The van der Waals surface area contributed by atoms with Crippen molar-refractivity contribution < 1.29 is 14.3 Å². The number of rotatable bonds is 13. The number of aliphatic imine (C=N–C) groups is 1. The fourth-order valence-corrected chi connectivity index (χ4v) is 3.41. The average Bonchev–Trinajstić information content (AvgIpc) is 3.30. The number of nitrogens with one attached hydrogen (secondary N) is 3. The molecule has 2 rings (SSSR count). The molecule has 8 heteroatoms. The van der Waals surface area contributed by atoms with Gasteiger partial charge >= 0.3 is 0 Å². The van der Waals surface area contributed by atoms with Crippen LogP contribution in [0.3, 0.4) is 0 Å². The molecule has 1 saturated carbocycles. The van der Waals surface area contributed by atoms with Crippen molar-refractivity contribution >= 4 is 41.5 Å². The van der Waals surface area contributed by atoms with Crippen molar-refractivity contribution in [1.29, 1.82) is 0 Å². The normalized spacial score (nSPS) is 14.2. The molecule has 1 aromatic rings. The van der Waals surface area contributed by atoms with Crippen LogP contribution in [-0.4, -0.2) is 51.9 Å². The molecule has 0 aliphatic heterocycles. The van der Waals surface area contributed by atoms with Crippen LogP contribution in [0.4, 0.5) is 5.69 Å². The van der Waals surface area contributed by atoms with Gasteiger partial charge in [-0.25, -0.2) is 0 Å². The maximum atomic E-state index is 12.3. The van der Waals surface area contributed by atoms with E-state index in [0.717, 1.165) is 62.3 Å². The molecule has 0 heterocycles. The number of hydrogen-bond donors (Lipinski definition) is 3. The number of unbranched alkanes of at least 4 members (excludes halogenated alkanes) is 1. The van der Waals surface area contributed by atoms with Crippen LogP contribution >= 0.6 is 24.0 Å². The molecule has 1 aliphatic rings. The minimum Gasteiger partial charge on any atom is -0.379 e. The Morgan fingerprint density at radius 2 is 1.84 bits per heavy atom. The lowest BCUT2D eigenvalue weighted by atomic mass is 10.1. The van der Waals surface area contributed by atoms with Crippen molar-refractivity contribution in [1.82, 2.24) is 10.6 Å². The van der Waals surface area contributed by atoms with Gasteiger partial charge in [0.1, 0.15) is 0 Å². The number of carbonyl (C=O) groups is 1. The minimum atomic E-state index is 0. The highest BCUT2D eigenvalue weighted by atomic mass is 127. The number of guanidine groups is 1. The fourth-order valence-electron chi connectivity index (χ4n) is 3.41. The van der Waals surface area contributed by atoms with E-state index in [1.165, 1.54) is 0 Å². The summed E-state index contributed by atoms with van der Waals surface area (Å²) in [5.41, 5.74) is 1.94. The van der Waals surface area contributed by atoms with Crippen LogP contribution in [0.15, 0.2) is 29.3 Å². The van der Waals surface area contributed by atoms with Gasteiger partial charge in [-0.1, -0.05) is 38.3 Å². The SMILES string of the molecule is CCCCOCCOCCNC(=NC)NCc1cccc(NC(=O)C2CCCC2)c1.I. The Kier molecular flexibility index (Phi) is 15.3.